The molecule has 238 valence electrons. The Balaban J connectivity index is 1.15. The Labute approximate surface area is 266 Å². The molecule has 0 aliphatic carbocycles. The summed E-state index contributed by atoms with van der Waals surface area (Å²) in [7, 11) is 1.65. The molecule has 2 unspecified atom stereocenters. The molecule has 0 aromatic heterocycles. The van der Waals surface area contributed by atoms with E-state index in [1.165, 1.54) is 0 Å². The fraction of sp³-hybridized carbons (Fsp3) is 0.559. The van der Waals surface area contributed by atoms with Gasteiger partial charge in [0, 0.05) is 81.9 Å². The van der Waals surface area contributed by atoms with Gasteiger partial charge in [-0.25, -0.2) is 4.79 Å². The second kappa shape index (κ2) is 13.8. The Morgan fingerprint density at radius 1 is 0.909 bits per heavy atom. The van der Waals surface area contributed by atoms with E-state index in [1.807, 2.05) is 56.0 Å². The fourth-order valence-corrected chi connectivity index (χ4v) is 7.17. The van der Waals surface area contributed by atoms with Crippen LogP contribution in [0.3, 0.4) is 0 Å². The summed E-state index contributed by atoms with van der Waals surface area (Å²) in [4.78, 5) is 46.6. The van der Waals surface area contributed by atoms with E-state index < -0.39 is 0 Å². The maximum Gasteiger partial charge on any atom is 0.414 e. The Morgan fingerprint density at radius 3 is 2.11 bits per heavy atom. The third kappa shape index (κ3) is 7.15. The molecule has 3 fully saturated rings. The molecular weight excluding hydrogens is 580 g/mol. The molecule has 3 amide bonds. The molecule has 0 saturated carbocycles. The molecule has 2 aromatic rings. The van der Waals surface area contributed by atoms with Crippen molar-refractivity contribution in [1.29, 1.82) is 0 Å². The molecule has 0 radical (unpaired) electrons. The minimum atomic E-state index is -0.372. The minimum absolute atomic E-state index is 0.0542. The number of hydrogen-bond donors (Lipinski definition) is 0. The molecule has 3 heterocycles. The highest BCUT2D eigenvalue weighted by molar-refractivity contribution is 6.31. The van der Waals surface area contributed by atoms with Gasteiger partial charge >= 0.3 is 6.09 Å². The number of rotatable bonds is 8. The first-order valence-electron chi connectivity index (χ1n) is 15.7. The summed E-state index contributed by atoms with van der Waals surface area (Å²) in [5.41, 5.74) is 4.36. The molecule has 0 spiro atoms. The lowest BCUT2D eigenvalue weighted by Gasteiger charge is -2.32. The van der Waals surface area contributed by atoms with Crippen LogP contribution < -0.4 is 9.64 Å². The van der Waals surface area contributed by atoms with E-state index in [9.17, 15) is 14.4 Å². The zero-order chi connectivity index (χ0) is 31.5. The summed E-state index contributed by atoms with van der Waals surface area (Å²) in [6, 6.07) is 9.53. The van der Waals surface area contributed by atoms with Gasteiger partial charge in [-0.05, 0) is 86.5 Å². The molecule has 2 atom stereocenters. The Hall–Kier alpha value is -3.30. The van der Waals surface area contributed by atoms with Crippen LogP contribution in [0, 0.1) is 32.6 Å². The lowest BCUT2D eigenvalue weighted by molar-refractivity contribution is -0.130. The minimum Gasteiger partial charge on any atom is -0.497 e. The van der Waals surface area contributed by atoms with Crippen molar-refractivity contribution in [2.24, 2.45) is 11.8 Å². The number of benzene rings is 2. The highest BCUT2D eigenvalue weighted by Gasteiger charge is 2.42. The molecule has 3 saturated heterocycles. The predicted molar refractivity (Wildman–Crippen MR) is 172 cm³/mol. The lowest BCUT2D eigenvalue weighted by Crippen LogP contribution is -2.43. The number of anilines is 1. The number of fused-ring (bicyclic) bond motifs is 1. The number of piperidine rings is 1. The Kier molecular flexibility index (Phi) is 10.1. The topological polar surface area (TPSA) is 82.6 Å². The average Bonchev–Trinajstić information content (AvgIpc) is 3.56. The van der Waals surface area contributed by atoms with Crippen molar-refractivity contribution in [3.05, 3.63) is 57.6 Å². The van der Waals surface area contributed by atoms with Crippen molar-refractivity contribution >= 4 is 35.2 Å². The molecule has 3 aliphatic heterocycles. The zero-order valence-corrected chi connectivity index (χ0v) is 27.4. The van der Waals surface area contributed by atoms with Crippen molar-refractivity contribution in [1.82, 2.24) is 14.7 Å². The lowest BCUT2D eigenvalue weighted by atomic mass is 10.0. The van der Waals surface area contributed by atoms with E-state index in [1.54, 1.807) is 23.8 Å². The fourth-order valence-electron chi connectivity index (χ4n) is 7.00. The first-order valence-corrected chi connectivity index (χ1v) is 16.1. The molecule has 5 rings (SSSR count). The normalized spacial score (nSPS) is 20.5. The molecular formula is C34H45ClN4O5. The molecule has 10 heteroatoms. The van der Waals surface area contributed by atoms with E-state index >= 15 is 0 Å². The highest BCUT2D eigenvalue weighted by Crippen LogP contribution is 2.33. The van der Waals surface area contributed by atoms with E-state index in [-0.39, 0.29) is 24.0 Å². The molecule has 9 nitrogen and oxygen atoms in total. The second-order valence-corrected chi connectivity index (χ2v) is 13.1. The second-order valence-electron chi connectivity index (χ2n) is 12.7. The van der Waals surface area contributed by atoms with Crippen LogP contribution in [0.2, 0.25) is 5.02 Å². The van der Waals surface area contributed by atoms with Gasteiger partial charge in [0.2, 0.25) is 5.91 Å². The number of amides is 3. The first kappa shape index (κ1) is 32.1. The third-order valence-electron chi connectivity index (χ3n) is 9.50. The van der Waals surface area contributed by atoms with Crippen LogP contribution in [-0.4, -0.2) is 98.2 Å². The zero-order valence-electron chi connectivity index (χ0n) is 26.6. The van der Waals surface area contributed by atoms with E-state index in [0.717, 1.165) is 72.8 Å². The van der Waals surface area contributed by atoms with Crippen molar-refractivity contribution in [3.8, 4) is 5.75 Å². The van der Waals surface area contributed by atoms with Gasteiger partial charge in [0.05, 0.1) is 7.11 Å². The Morgan fingerprint density at radius 2 is 1.55 bits per heavy atom. The van der Waals surface area contributed by atoms with Crippen molar-refractivity contribution in [2.75, 3.05) is 64.4 Å². The van der Waals surface area contributed by atoms with Gasteiger partial charge in [0.15, 0.2) is 0 Å². The molecule has 0 N–H and O–H groups in total. The first-order chi connectivity index (χ1) is 21.0. The van der Waals surface area contributed by atoms with Gasteiger partial charge in [-0.2, -0.15) is 0 Å². The van der Waals surface area contributed by atoms with Crippen LogP contribution in [0.15, 0.2) is 30.3 Å². The van der Waals surface area contributed by atoms with Crippen molar-refractivity contribution in [2.45, 2.75) is 53.1 Å². The molecule has 0 bridgehead atoms. The van der Waals surface area contributed by atoms with E-state index in [4.69, 9.17) is 21.1 Å². The Bertz CT molecular complexity index is 1350. The highest BCUT2D eigenvalue weighted by atomic mass is 35.5. The molecule has 44 heavy (non-hydrogen) atoms. The summed E-state index contributed by atoms with van der Waals surface area (Å²) in [6.45, 7) is 13.5. The monoisotopic (exact) mass is 624 g/mol. The van der Waals surface area contributed by atoms with Gasteiger partial charge in [0.25, 0.3) is 5.91 Å². The number of aryl methyl sites for hydroxylation is 3. The summed E-state index contributed by atoms with van der Waals surface area (Å²) in [6.07, 6.45) is 1.48. The summed E-state index contributed by atoms with van der Waals surface area (Å²) in [5, 5.41) is 0.613. The number of nitrogens with zero attached hydrogens (tertiary/aromatic N) is 4. The van der Waals surface area contributed by atoms with Crippen molar-refractivity contribution < 1.29 is 23.9 Å². The number of methoxy groups -OCH3 is 1. The number of halogens is 1. The number of ether oxygens (including phenoxy) is 2. The van der Waals surface area contributed by atoms with Gasteiger partial charge in [0.1, 0.15) is 11.9 Å². The summed E-state index contributed by atoms with van der Waals surface area (Å²) < 4.78 is 11.3. The van der Waals surface area contributed by atoms with Crippen LogP contribution in [0.4, 0.5) is 10.5 Å². The predicted octanol–water partition coefficient (Wildman–Crippen LogP) is 5.32. The standard InChI is InChI=1S/C34H45ClN4O5/c1-22-7-8-28(17-31(22)35)39(34(42)44-29-9-13-37(14-10-29)25(4)40)12-6-11-36-18-26-20-38(21-27(26)19-36)33(41)32-23(2)15-30(43-5)16-24(32)3/h7-8,15-17,26-27,29H,6,9-14,18-21H2,1-5H3. The smallest absolute Gasteiger partial charge is 0.414 e. The van der Waals surface area contributed by atoms with E-state index in [0.29, 0.717) is 49.3 Å². The molecule has 3 aliphatic rings. The SMILES string of the molecule is COc1cc(C)c(C(=O)N2CC3CN(CCCN(C(=O)OC4CCN(C(C)=O)CC4)c4ccc(C)c(Cl)c4)CC3C2)c(C)c1. The van der Waals surface area contributed by atoms with Crippen LogP contribution in [0.25, 0.3) is 0 Å². The number of carbonyl (C=O) groups excluding carboxylic acids is 3. The summed E-state index contributed by atoms with van der Waals surface area (Å²) in [5.74, 6) is 1.85. The average molecular weight is 625 g/mol. The van der Waals surface area contributed by atoms with Crippen LogP contribution in [-0.2, 0) is 9.53 Å². The molecule has 2 aromatic carbocycles. The van der Waals surface area contributed by atoms with Gasteiger partial charge < -0.3 is 24.2 Å². The third-order valence-corrected chi connectivity index (χ3v) is 9.91. The van der Waals surface area contributed by atoms with Gasteiger partial charge in [-0.3, -0.25) is 14.5 Å². The maximum atomic E-state index is 13.5. The quantitative estimate of drug-likeness (QED) is 0.395. The largest absolute Gasteiger partial charge is 0.497 e. The number of carbonyl (C=O) groups is 3. The van der Waals surface area contributed by atoms with E-state index in [2.05, 4.69) is 4.90 Å². The maximum absolute atomic E-state index is 13.5. The van der Waals surface area contributed by atoms with Crippen molar-refractivity contribution in [3.63, 3.8) is 0 Å². The van der Waals surface area contributed by atoms with Crippen LogP contribution in [0.5, 0.6) is 5.75 Å². The van der Waals surface area contributed by atoms with Crippen LogP contribution >= 0.6 is 11.6 Å². The van der Waals surface area contributed by atoms with Gasteiger partial charge in [-0.15, -0.1) is 0 Å². The number of likely N-dealkylation sites (tertiary alicyclic amines) is 3. The summed E-state index contributed by atoms with van der Waals surface area (Å²) >= 11 is 6.44. The van der Waals surface area contributed by atoms with Gasteiger partial charge in [-0.1, -0.05) is 17.7 Å². The van der Waals surface area contributed by atoms with Crippen LogP contribution in [0.1, 0.15) is 53.2 Å². The number of hydrogen-bond acceptors (Lipinski definition) is 6.